The Balaban J connectivity index is 3.82. The molecule has 0 fully saturated rings. The summed E-state index contributed by atoms with van der Waals surface area (Å²) < 4.78 is 2.28. The summed E-state index contributed by atoms with van der Waals surface area (Å²) in [6, 6.07) is 0. The first-order valence-corrected chi connectivity index (χ1v) is 4.97. The minimum Gasteiger partial charge on any atom is -0.324 e. The van der Waals surface area contributed by atoms with E-state index in [-0.39, 0.29) is 0 Å². The van der Waals surface area contributed by atoms with Crippen molar-refractivity contribution >= 4 is 0 Å². The van der Waals surface area contributed by atoms with Crippen LogP contribution in [-0.4, -0.2) is 63.3 Å². The van der Waals surface area contributed by atoms with E-state index >= 15 is 0 Å². The fourth-order valence-corrected chi connectivity index (χ4v) is 0.858. The number of likely N-dealkylation sites (N-methyl/N-ethyl adjacent to an activating group) is 2. The summed E-state index contributed by atoms with van der Waals surface area (Å²) in [5.74, 6) is 0. The van der Waals surface area contributed by atoms with Crippen molar-refractivity contribution in [2.75, 3.05) is 54.4 Å². The molecule has 0 amide bonds. The SMILES string of the molecule is CC[N+](C)(C)CC[N+](C)(C)CC. The highest BCUT2D eigenvalue weighted by atomic mass is 15.4. The molecule has 0 saturated carbocycles. The zero-order valence-electron chi connectivity index (χ0n) is 9.72. The molecule has 0 rings (SSSR count). The van der Waals surface area contributed by atoms with Crippen molar-refractivity contribution < 1.29 is 8.97 Å². The van der Waals surface area contributed by atoms with Gasteiger partial charge < -0.3 is 8.97 Å². The lowest BCUT2D eigenvalue weighted by Gasteiger charge is -2.34. The number of nitrogens with zero attached hydrogens (tertiary/aromatic N) is 2. The van der Waals surface area contributed by atoms with Crippen LogP contribution in [0, 0.1) is 0 Å². The molecule has 2 nitrogen and oxygen atoms in total. The van der Waals surface area contributed by atoms with Gasteiger partial charge in [-0.05, 0) is 13.8 Å². The molecule has 0 aromatic rings. The molecule has 0 bridgehead atoms. The van der Waals surface area contributed by atoms with Crippen LogP contribution in [0.2, 0.25) is 0 Å². The third-order valence-corrected chi connectivity index (χ3v) is 3.02. The monoisotopic (exact) mass is 174 g/mol. The van der Waals surface area contributed by atoms with Crippen molar-refractivity contribution in [3.05, 3.63) is 0 Å². The van der Waals surface area contributed by atoms with E-state index in [1.807, 2.05) is 0 Å². The molecule has 0 aliphatic heterocycles. The summed E-state index contributed by atoms with van der Waals surface area (Å²) in [7, 11) is 9.20. The van der Waals surface area contributed by atoms with Gasteiger partial charge >= 0.3 is 0 Å². The van der Waals surface area contributed by atoms with Gasteiger partial charge in [-0.1, -0.05) is 0 Å². The predicted octanol–water partition coefficient (Wildman–Crippen LogP) is 1.18. The molecule has 0 aromatic heterocycles. The molecule has 0 spiro atoms. The van der Waals surface area contributed by atoms with Crippen LogP contribution in [0.3, 0.4) is 0 Å². The summed E-state index contributed by atoms with van der Waals surface area (Å²) in [4.78, 5) is 0. The third kappa shape index (κ3) is 4.73. The molecule has 2 heteroatoms. The normalized spacial score (nSPS) is 13.5. The fourth-order valence-electron chi connectivity index (χ4n) is 0.858. The number of rotatable bonds is 5. The van der Waals surface area contributed by atoms with Crippen LogP contribution in [0.1, 0.15) is 13.8 Å². The molecular formula is C10H26N2+2. The van der Waals surface area contributed by atoms with Gasteiger partial charge in [-0.15, -0.1) is 0 Å². The van der Waals surface area contributed by atoms with Crippen LogP contribution < -0.4 is 0 Å². The quantitative estimate of drug-likeness (QED) is 0.549. The van der Waals surface area contributed by atoms with Crippen molar-refractivity contribution in [2.45, 2.75) is 13.8 Å². The first-order chi connectivity index (χ1) is 5.33. The van der Waals surface area contributed by atoms with Crippen molar-refractivity contribution in [3.63, 3.8) is 0 Å². The second-order valence-electron chi connectivity index (χ2n) is 4.95. The maximum atomic E-state index is 2.30. The Bertz CT molecular complexity index is 112. The Morgan fingerprint density at radius 1 is 0.667 bits per heavy atom. The van der Waals surface area contributed by atoms with Crippen LogP contribution in [-0.2, 0) is 0 Å². The van der Waals surface area contributed by atoms with E-state index in [1.165, 1.54) is 26.2 Å². The largest absolute Gasteiger partial charge is 0.324 e. The summed E-state index contributed by atoms with van der Waals surface area (Å²) in [6.45, 7) is 9.51. The second-order valence-corrected chi connectivity index (χ2v) is 4.95. The zero-order chi connectivity index (χ0) is 9.83. The maximum Gasteiger partial charge on any atom is 0.128 e. The molecule has 74 valence electrons. The lowest BCUT2D eigenvalue weighted by molar-refractivity contribution is -0.944. The Hall–Kier alpha value is -0.0800. The summed E-state index contributed by atoms with van der Waals surface area (Å²) in [5, 5.41) is 0. The average molecular weight is 174 g/mol. The topological polar surface area (TPSA) is 0 Å². The Morgan fingerprint density at radius 3 is 1.08 bits per heavy atom. The Labute approximate surface area is 78.0 Å². The highest BCUT2D eigenvalue weighted by Crippen LogP contribution is 2.01. The average Bonchev–Trinajstić information content (AvgIpc) is 2.02. The van der Waals surface area contributed by atoms with Gasteiger partial charge in [0.05, 0.1) is 41.3 Å². The molecule has 0 radical (unpaired) electrons. The van der Waals surface area contributed by atoms with Gasteiger partial charge in [0.25, 0.3) is 0 Å². The van der Waals surface area contributed by atoms with Gasteiger partial charge in [-0.2, -0.15) is 0 Å². The highest BCUT2D eigenvalue weighted by Gasteiger charge is 2.19. The second kappa shape index (κ2) is 4.24. The van der Waals surface area contributed by atoms with Gasteiger partial charge in [0.1, 0.15) is 13.1 Å². The van der Waals surface area contributed by atoms with E-state index < -0.39 is 0 Å². The predicted molar refractivity (Wildman–Crippen MR) is 55.0 cm³/mol. The number of quaternary nitrogens is 2. The third-order valence-electron chi connectivity index (χ3n) is 3.02. The van der Waals surface area contributed by atoms with Gasteiger partial charge in [-0.25, -0.2) is 0 Å². The minimum atomic E-state index is 1.14. The summed E-state index contributed by atoms with van der Waals surface area (Å²) in [6.07, 6.45) is 0. The minimum absolute atomic E-state index is 1.14. The lowest BCUT2D eigenvalue weighted by Crippen LogP contribution is -2.50. The molecule has 0 heterocycles. The maximum absolute atomic E-state index is 2.30. The van der Waals surface area contributed by atoms with Crippen molar-refractivity contribution in [1.82, 2.24) is 0 Å². The summed E-state index contributed by atoms with van der Waals surface area (Å²) >= 11 is 0. The molecular weight excluding hydrogens is 148 g/mol. The van der Waals surface area contributed by atoms with Crippen LogP contribution in [0.4, 0.5) is 0 Å². The smallest absolute Gasteiger partial charge is 0.128 e. The Morgan fingerprint density at radius 2 is 0.917 bits per heavy atom. The molecule has 0 unspecified atom stereocenters. The number of hydrogen-bond donors (Lipinski definition) is 0. The van der Waals surface area contributed by atoms with Gasteiger partial charge in [-0.3, -0.25) is 0 Å². The van der Waals surface area contributed by atoms with Crippen LogP contribution in [0.15, 0.2) is 0 Å². The van der Waals surface area contributed by atoms with E-state index in [0.29, 0.717) is 0 Å². The van der Waals surface area contributed by atoms with Crippen molar-refractivity contribution in [2.24, 2.45) is 0 Å². The first kappa shape index (κ1) is 11.9. The summed E-state index contributed by atoms with van der Waals surface area (Å²) in [5.41, 5.74) is 0. The van der Waals surface area contributed by atoms with Gasteiger partial charge in [0, 0.05) is 0 Å². The van der Waals surface area contributed by atoms with E-state index in [0.717, 1.165) is 8.97 Å². The van der Waals surface area contributed by atoms with E-state index in [1.54, 1.807) is 0 Å². The van der Waals surface area contributed by atoms with Crippen LogP contribution >= 0.6 is 0 Å². The zero-order valence-corrected chi connectivity index (χ0v) is 9.72. The molecule has 0 aromatic carbocycles. The standard InChI is InChI=1S/C10H26N2/c1-7-11(3,4)9-10-12(5,6)8-2/h7-10H2,1-6H3/q+2. The molecule has 0 aliphatic rings. The molecule has 12 heavy (non-hydrogen) atoms. The van der Waals surface area contributed by atoms with E-state index in [9.17, 15) is 0 Å². The molecule has 0 N–H and O–H groups in total. The van der Waals surface area contributed by atoms with Crippen molar-refractivity contribution in [3.8, 4) is 0 Å². The van der Waals surface area contributed by atoms with Gasteiger partial charge in [0.2, 0.25) is 0 Å². The van der Waals surface area contributed by atoms with Crippen molar-refractivity contribution in [1.29, 1.82) is 0 Å². The Kier molecular flexibility index (Phi) is 4.21. The molecule has 0 saturated heterocycles. The van der Waals surface area contributed by atoms with E-state index in [2.05, 4.69) is 42.0 Å². The van der Waals surface area contributed by atoms with Gasteiger partial charge in [0.15, 0.2) is 0 Å². The highest BCUT2D eigenvalue weighted by molar-refractivity contribution is 4.32. The fraction of sp³-hybridized carbons (Fsp3) is 1.00. The van der Waals surface area contributed by atoms with E-state index in [4.69, 9.17) is 0 Å². The molecule has 0 aliphatic carbocycles. The lowest BCUT2D eigenvalue weighted by atomic mass is 10.4. The van der Waals surface area contributed by atoms with Crippen LogP contribution in [0.5, 0.6) is 0 Å². The molecule has 0 atom stereocenters. The number of hydrogen-bond acceptors (Lipinski definition) is 0. The first-order valence-electron chi connectivity index (χ1n) is 4.97. The van der Waals surface area contributed by atoms with Crippen LogP contribution in [0.25, 0.3) is 0 Å².